The summed E-state index contributed by atoms with van der Waals surface area (Å²) in [7, 11) is 0. The summed E-state index contributed by atoms with van der Waals surface area (Å²) in [5.74, 6) is 6.63. The maximum atomic E-state index is 9.81. The lowest BCUT2D eigenvalue weighted by Gasteiger charge is -2.17. The van der Waals surface area contributed by atoms with Crippen LogP contribution in [0.15, 0.2) is 30.3 Å². The van der Waals surface area contributed by atoms with E-state index in [0.717, 1.165) is 12.8 Å². The van der Waals surface area contributed by atoms with E-state index in [1.807, 2.05) is 39.0 Å². The number of rotatable bonds is 4. The molecule has 0 aromatic heterocycles. The van der Waals surface area contributed by atoms with Crippen molar-refractivity contribution in [3.05, 3.63) is 35.9 Å². The molecule has 0 unspecified atom stereocenters. The molecular formula is C16H22O. The van der Waals surface area contributed by atoms with E-state index in [2.05, 4.69) is 24.0 Å². The predicted octanol–water partition coefficient (Wildman–Crippen LogP) is 3.28. The number of aliphatic hydroxyl groups excluding tert-OH is 1. The van der Waals surface area contributed by atoms with Gasteiger partial charge in [0.2, 0.25) is 0 Å². The van der Waals surface area contributed by atoms with Gasteiger partial charge in [0.1, 0.15) is 0 Å². The van der Waals surface area contributed by atoms with Crippen molar-refractivity contribution in [2.75, 3.05) is 0 Å². The third-order valence-electron chi connectivity index (χ3n) is 2.91. The Labute approximate surface area is 105 Å². The average Bonchev–Trinajstić information content (AvgIpc) is 2.34. The summed E-state index contributed by atoms with van der Waals surface area (Å²) in [5, 5.41) is 9.81. The summed E-state index contributed by atoms with van der Waals surface area (Å²) in [6.07, 6.45) is 1.52. The Morgan fingerprint density at radius 2 is 1.76 bits per heavy atom. The van der Waals surface area contributed by atoms with Crippen LogP contribution >= 0.6 is 0 Å². The minimum Gasteiger partial charge on any atom is -0.392 e. The smallest absolute Gasteiger partial charge is 0.0697 e. The highest BCUT2D eigenvalue weighted by molar-refractivity contribution is 5.16. The van der Waals surface area contributed by atoms with Crippen LogP contribution in [0.3, 0.4) is 0 Å². The number of aryl methyl sites for hydroxylation is 1. The van der Waals surface area contributed by atoms with E-state index in [1.54, 1.807) is 0 Å². The highest BCUT2D eigenvalue weighted by Crippen LogP contribution is 2.11. The first-order valence-corrected chi connectivity index (χ1v) is 6.31. The maximum absolute atomic E-state index is 9.81. The van der Waals surface area contributed by atoms with Gasteiger partial charge in [-0.05, 0) is 24.8 Å². The third-order valence-corrected chi connectivity index (χ3v) is 2.91. The van der Waals surface area contributed by atoms with E-state index >= 15 is 0 Å². The highest BCUT2D eigenvalue weighted by atomic mass is 16.3. The van der Waals surface area contributed by atoms with Gasteiger partial charge in [-0.3, -0.25) is 0 Å². The van der Waals surface area contributed by atoms with Crippen LogP contribution in [0.4, 0.5) is 0 Å². The molecule has 0 spiro atoms. The second-order valence-corrected chi connectivity index (χ2v) is 4.83. The molecule has 0 radical (unpaired) electrons. The van der Waals surface area contributed by atoms with Gasteiger partial charge < -0.3 is 5.11 Å². The van der Waals surface area contributed by atoms with Crippen molar-refractivity contribution in [3.63, 3.8) is 0 Å². The molecule has 1 heteroatoms. The second-order valence-electron chi connectivity index (χ2n) is 4.83. The quantitative estimate of drug-likeness (QED) is 0.787. The zero-order valence-electron chi connectivity index (χ0n) is 11.0. The van der Waals surface area contributed by atoms with Crippen molar-refractivity contribution in [2.24, 2.45) is 11.8 Å². The van der Waals surface area contributed by atoms with Crippen molar-refractivity contribution in [3.8, 4) is 11.8 Å². The van der Waals surface area contributed by atoms with Crippen LogP contribution in [0, 0.1) is 23.7 Å². The summed E-state index contributed by atoms with van der Waals surface area (Å²) in [4.78, 5) is 0. The fraction of sp³-hybridized carbons (Fsp3) is 0.500. The molecule has 1 N–H and O–H groups in total. The van der Waals surface area contributed by atoms with E-state index in [9.17, 15) is 5.11 Å². The molecule has 0 fully saturated rings. The molecule has 2 atom stereocenters. The van der Waals surface area contributed by atoms with Crippen LogP contribution in [0.1, 0.15) is 32.8 Å². The van der Waals surface area contributed by atoms with Crippen LogP contribution in [0.25, 0.3) is 0 Å². The molecule has 0 saturated carbocycles. The van der Waals surface area contributed by atoms with Crippen molar-refractivity contribution >= 4 is 0 Å². The molecule has 0 aliphatic carbocycles. The number of benzene rings is 1. The molecule has 0 saturated heterocycles. The van der Waals surface area contributed by atoms with Gasteiger partial charge in [0, 0.05) is 12.3 Å². The number of hydrogen-bond acceptors (Lipinski definition) is 1. The van der Waals surface area contributed by atoms with Gasteiger partial charge >= 0.3 is 0 Å². The minimum atomic E-state index is -0.320. The average molecular weight is 230 g/mol. The topological polar surface area (TPSA) is 20.2 Å². The molecule has 0 heterocycles. The number of hydrogen-bond donors (Lipinski definition) is 1. The van der Waals surface area contributed by atoms with Crippen LogP contribution in [-0.2, 0) is 6.42 Å². The fourth-order valence-electron chi connectivity index (χ4n) is 1.75. The Morgan fingerprint density at radius 1 is 1.12 bits per heavy atom. The van der Waals surface area contributed by atoms with E-state index in [4.69, 9.17) is 0 Å². The predicted molar refractivity (Wildman–Crippen MR) is 72.5 cm³/mol. The maximum Gasteiger partial charge on any atom is 0.0697 e. The van der Waals surface area contributed by atoms with Crippen LogP contribution < -0.4 is 0 Å². The van der Waals surface area contributed by atoms with Gasteiger partial charge in [0.15, 0.2) is 0 Å². The summed E-state index contributed by atoms with van der Waals surface area (Å²) >= 11 is 0. The molecule has 0 amide bonds. The molecule has 1 aromatic rings. The highest BCUT2D eigenvalue weighted by Gasteiger charge is 2.14. The lowest BCUT2D eigenvalue weighted by molar-refractivity contribution is 0.0945. The Balaban J connectivity index is 2.36. The third kappa shape index (κ3) is 5.06. The normalized spacial score (nSPS) is 13.9. The van der Waals surface area contributed by atoms with E-state index < -0.39 is 0 Å². The van der Waals surface area contributed by atoms with Crippen LogP contribution in [-0.4, -0.2) is 11.2 Å². The summed E-state index contributed by atoms with van der Waals surface area (Å²) in [6.45, 7) is 6.03. The first kappa shape index (κ1) is 13.8. The lowest BCUT2D eigenvalue weighted by Crippen LogP contribution is -2.22. The molecule has 0 bridgehead atoms. The standard InChI is InChI=1S/C16H22O/c1-13(2)16(17)14(3)9-7-8-12-15-10-5-4-6-11-15/h4-6,10-11,13-14,16-17H,8,12H2,1-3H3/t14-,16-/m0/s1. The Bertz CT molecular complexity index is 370. The summed E-state index contributed by atoms with van der Waals surface area (Å²) in [6, 6.07) is 10.4. The largest absolute Gasteiger partial charge is 0.392 e. The van der Waals surface area contributed by atoms with Gasteiger partial charge in [-0.1, -0.05) is 50.1 Å². The fourth-order valence-corrected chi connectivity index (χ4v) is 1.75. The van der Waals surface area contributed by atoms with Crippen LogP contribution in [0.2, 0.25) is 0 Å². The zero-order chi connectivity index (χ0) is 12.7. The molecule has 1 rings (SSSR count). The minimum absolute atomic E-state index is 0.0609. The second kappa shape index (κ2) is 7.14. The monoisotopic (exact) mass is 230 g/mol. The van der Waals surface area contributed by atoms with Crippen LogP contribution in [0.5, 0.6) is 0 Å². The van der Waals surface area contributed by atoms with Crippen molar-refractivity contribution in [2.45, 2.75) is 39.7 Å². The Morgan fingerprint density at radius 3 is 2.35 bits per heavy atom. The molecule has 1 aromatic carbocycles. The molecular weight excluding hydrogens is 208 g/mol. The first-order chi connectivity index (χ1) is 8.11. The number of aliphatic hydroxyl groups is 1. The summed E-state index contributed by atoms with van der Waals surface area (Å²) in [5.41, 5.74) is 1.32. The Hall–Kier alpha value is -1.26. The Kier molecular flexibility index (Phi) is 5.80. The molecule has 17 heavy (non-hydrogen) atoms. The summed E-state index contributed by atoms with van der Waals surface area (Å²) < 4.78 is 0. The van der Waals surface area contributed by atoms with Gasteiger partial charge in [0.25, 0.3) is 0 Å². The van der Waals surface area contributed by atoms with E-state index in [0.29, 0.717) is 0 Å². The molecule has 0 aliphatic heterocycles. The van der Waals surface area contributed by atoms with Gasteiger partial charge in [-0.15, -0.1) is 5.92 Å². The van der Waals surface area contributed by atoms with Gasteiger partial charge in [0.05, 0.1) is 6.10 Å². The first-order valence-electron chi connectivity index (χ1n) is 6.31. The van der Waals surface area contributed by atoms with E-state index in [1.165, 1.54) is 5.56 Å². The molecule has 92 valence electrons. The van der Waals surface area contributed by atoms with Crippen molar-refractivity contribution in [1.29, 1.82) is 0 Å². The molecule has 0 aliphatic rings. The zero-order valence-corrected chi connectivity index (χ0v) is 11.0. The molecule has 1 nitrogen and oxygen atoms in total. The van der Waals surface area contributed by atoms with Gasteiger partial charge in [-0.25, -0.2) is 0 Å². The SMILES string of the molecule is CC(C)[C@H](O)[C@@H](C)C#CCCc1ccccc1. The van der Waals surface area contributed by atoms with Crippen molar-refractivity contribution in [1.82, 2.24) is 0 Å². The lowest BCUT2D eigenvalue weighted by atomic mass is 9.95. The van der Waals surface area contributed by atoms with Gasteiger partial charge in [-0.2, -0.15) is 0 Å². The van der Waals surface area contributed by atoms with E-state index in [-0.39, 0.29) is 17.9 Å². The van der Waals surface area contributed by atoms with Crippen molar-refractivity contribution < 1.29 is 5.11 Å².